The van der Waals surface area contributed by atoms with Gasteiger partial charge >= 0.3 is 0 Å². The number of nitrogens with one attached hydrogen (secondary N) is 2. The molecule has 2 aromatic carbocycles. The van der Waals surface area contributed by atoms with Crippen molar-refractivity contribution in [2.24, 2.45) is 5.10 Å². The van der Waals surface area contributed by atoms with Crippen molar-refractivity contribution in [2.75, 3.05) is 5.43 Å². The van der Waals surface area contributed by atoms with Gasteiger partial charge in [-0.3, -0.25) is 10.1 Å². The van der Waals surface area contributed by atoms with Crippen LogP contribution in [0.15, 0.2) is 46.0 Å². The van der Waals surface area contributed by atoms with Crippen molar-refractivity contribution in [3.05, 3.63) is 56.5 Å². The topological polar surface area (TPSA) is 142 Å². The van der Waals surface area contributed by atoms with Crippen molar-refractivity contribution in [2.45, 2.75) is 0 Å². The molecule has 10 nitrogen and oxygen atoms in total. The first kappa shape index (κ1) is 16.8. The van der Waals surface area contributed by atoms with Crippen LogP contribution in [0.1, 0.15) is 5.56 Å². The number of H-pyrrole nitrogens is 1. The molecular weight excluding hydrogens is 418 g/mol. The van der Waals surface area contributed by atoms with Crippen LogP contribution in [0.4, 0.5) is 11.6 Å². The van der Waals surface area contributed by atoms with Gasteiger partial charge in [0.05, 0.1) is 11.1 Å². The zero-order chi connectivity index (χ0) is 19.0. The number of phenols is 1. The summed E-state index contributed by atoms with van der Waals surface area (Å²) in [6.45, 7) is 0. The van der Waals surface area contributed by atoms with Crippen molar-refractivity contribution in [3.63, 3.8) is 0 Å². The Bertz CT molecular complexity index is 1220. The third-order valence-electron chi connectivity index (χ3n) is 3.77. The van der Waals surface area contributed by atoms with Crippen LogP contribution in [0.5, 0.6) is 5.75 Å². The lowest BCUT2D eigenvalue weighted by Crippen LogP contribution is -1.99. The Morgan fingerprint density at radius 1 is 1.26 bits per heavy atom. The summed E-state index contributed by atoms with van der Waals surface area (Å²) in [5.74, 6) is -0.00358. The molecule has 0 aliphatic heterocycles. The fraction of sp³-hybridized carbons (Fsp3) is 0. The smallest absolute Gasteiger partial charge is 0.270 e. The van der Waals surface area contributed by atoms with Gasteiger partial charge in [-0.15, -0.1) is 10.2 Å². The second-order valence-electron chi connectivity index (χ2n) is 5.52. The predicted octanol–water partition coefficient (Wildman–Crippen LogP) is 3.33. The molecule has 0 saturated heterocycles. The summed E-state index contributed by atoms with van der Waals surface area (Å²) in [6, 6.07) is 9.36. The first-order chi connectivity index (χ1) is 13.0. The normalized spacial score (nSPS) is 11.4. The highest BCUT2D eigenvalue weighted by Gasteiger charge is 2.10. The molecule has 4 rings (SSSR count). The number of hydrogen-bond donors (Lipinski definition) is 3. The first-order valence-corrected chi connectivity index (χ1v) is 8.39. The summed E-state index contributed by atoms with van der Waals surface area (Å²) < 4.78 is 0.918. The Hall–Kier alpha value is -3.60. The lowest BCUT2D eigenvalue weighted by atomic mass is 10.2. The quantitative estimate of drug-likeness (QED) is 0.257. The Morgan fingerprint density at radius 3 is 2.93 bits per heavy atom. The van der Waals surface area contributed by atoms with E-state index in [1.165, 1.54) is 24.4 Å². The number of nitro benzene ring substituents is 1. The Balaban J connectivity index is 1.60. The molecule has 0 aliphatic carbocycles. The van der Waals surface area contributed by atoms with Gasteiger partial charge in [-0.1, -0.05) is 15.9 Å². The minimum atomic E-state index is -0.556. The van der Waals surface area contributed by atoms with E-state index in [0.29, 0.717) is 11.2 Å². The van der Waals surface area contributed by atoms with Crippen LogP contribution in [0.3, 0.4) is 0 Å². The van der Waals surface area contributed by atoms with E-state index < -0.39 is 4.92 Å². The number of nitro groups is 1. The van der Waals surface area contributed by atoms with Crippen molar-refractivity contribution < 1.29 is 10.0 Å². The van der Waals surface area contributed by atoms with E-state index in [9.17, 15) is 15.2 Å². The van der Waals surface area contributed by atoms with Crippen LogP contribution >= 0.6 is 15.9 Å². The number of fused-ring (bicyclic) bond motifs is 3. The number of hydrogen-bond acceptors (Lipinski definition) is 8. The van der Waals surface area contributed by atoms with Gasteiger partial charge in [0.15, 0.2) is 5.65 Å². The summed E-state index contributed by atoms with van der Waals surface area (Å²) in [5, 5.41) is 33.5. The van der Waals surface area contributed by atoms with Crippen molar-refractivity contribution in [1.82, 2.24) is 20.2 Å². The van der Waals surface area contributed by atoms with E-state index in [1.807, 2.05) is 18.2 Å². The maximum absolute atomic E-state index is 10.8. The average Bonchev–Trinajstić information content (AvgIpc) is 3.00. The molecule has 0 radical (unpaired) electrons. The summed E-state index contributed by atoms with van der Waals surface area (Å²) in [4.78, 5) is 17.7. The van der Waals surface area contributed by atoms with Crippen molar-refractivity contribution in [3.8, 4) is 5.75 Å². The molecule has 0 spiro atoms. The molecular formula is C16H10BrN7O3. The van der Waals surface area contributed by atoms with Crippen LogP contribution in [-0.2, 0) is 0 Å². The Morgan fingerprint density at radius 2 is 2.11 bits per heavy atom. The predicted molar refractivity (Wildman–Crippen MR) is 103 cm³/mol. The lowest BCUT2D eigenvalue weighted by molar-refractivity contribution is -0.384. The molecule has 0 bridgehead atoms. The molecule has 134 valence electrons. The molecule has 0 fully saturated rings. The van der Waals surface area contributed by atoms with Crippen LogP contribution < -0.4 is 5.43 Å². The number of aromatic hydroxyl groups is 1. The summed E-state index contributed by atoms with van der Waals surface area (Å²) in [7, 11) is 0. The van der Waals surface area contributed by atoms with Gasteiger partial charge in [-0.2, -0.15) is 10.1 Å². The SMILES string of the molecule is O=[N+]([O-])c1ccc(O)c(C=NNc2nnc3c(n2)[nH]c2ccc(Br)cc23)c1. The fourth-order valence-electron chi connectivity index (χ4n) is 2.51. The number of halogens is 1. The number of aromatic amines is 1. The molecule has 3 N–H and O–H groups in total. The highest BCUT2D eigenvalue weighted by molar-refractivity contribution is 9.10. The molecule has 4 aromatic rings. The van der Waals surface area contributed by atoms with E-state index in [4.69, 9.17) is 0 Å². The Kier molecular flexibility index (Phi) is 4.12. The summed E-state index contributed by atoms with van der Waals surface area (Å²) in [6.07, 6.45) is 1.23. The highest BCUT2D eigenvalue weighted by atomic mass is 79.9. The zero-order valence-corrected chi connectivity index (χ0v) is 15.0. The highest BCUT2D eigenvalue weighted by Crippen LogP contribution is 2.25. The van der Waals surface area contributed by atoms with Crippen LogP contribution in [0.2, 0.25) is 0 Å². The number of phenolic OH excluding ortho intramolecular Hbond substituents is 1. The Labute approximate surface area is 159 Å². The zero-order valence-electron chi connectivity index (χ0n) is 13.4. The number of benzene rings is 2. The van der Waals surface area contributed by atoms with E-state index in [2.05, 4.69) is 46.6 Å². The number of nitrogens with zero attached hydrogens (tertiary/aromatic N) is 5. The van der Waals surface area contributed by atoms with Crippen LogP contribution in [0.25, 0.3) is 22.1 Å². The molecule has 0 saturated carbocycles. The molecule has 11 heteroatoms. The van der Waals surface area contributed by atoms with E-state index in [1.54, 1.807) is 0 Å². The molecule has 2 aromatic heterocycles. The number of hydrazone groups is 1. The van der Waals surface area contributed by atoms with Crippen molar-refractivity contribution in [1.29, 1.82) is 0 Å². The van der Waals surface area contributed by atoms with E-state index in [0.717, 1.165) is 15.4 Å². The molecule has 0 unspecified atom stereocenters. The van der Waals surface area contributed by atoms with Crippen molar-refractivity contribution >= 4 is 55.8 Å². The largest absolute Gasteiger partial charge is 0.507 e. The lowest BCUT2D eigenvalue weighted by Gasteiger charge is -1.99. The number of rotatable bonds is 4. The summed E-state index contributed by atoms with van der Waals surface area (Å²) >= 11 is 3.42. The van der Waals surface area contributed by atoms with Crippen LogP contribution in [-0.4, -0.2) is 36.4 Å². The van der Waals surface area contributed by atoms with Crippen LogP contribution in [0, 0.1) is 10.1 Å². The third kappa shape index (κ3) is 3.27. The number of non-ortho nitro benzene ring substituents is 1. The average molecular weight is 428 g/mol. The fourth-order valence-corrected chi connectivity index (χ4v) is 2.87. The van der Waals surface area contributed by atoms with Gasteiger partial charge < -0.3 is 10.1 Å². The van der Waals surface area contributed by atoms with Gasteiger partial charge in [0.2, 0.25) is 0 Å². The standard InChI is InChI=1S/C16H10BrN7O3/c17-9-1-3-12-11(6-9)14-15(19-12)20-16(23-21-14)22-18-7-8-5-10(24(26)27)2-4-13(8)25/h1-7,25H,(H2,19,20,22,23). The molecule has 0 aliphatic rings. The summed E-state index contributed by atoms with van der Waals surface area (Å²) in [5.41, 5.74) is 4.65. The van der Waals surface area contributed by atoms with E-state index >= 15 is 0 Å². The third-order valence-corrected chi connectivity index (χ3v) is 4.26. The maximum Gasteiger partial charge on any atom is 0.270 e. The first-order valence-electron chi connectivity index (χ1n) is 7.59. The molecule has 0 amide bonds. The number of aromatic nitrogens is 4. The second-order valence-corrected chi connectivity index (χ2v) is 6.43. The van der Waals surface area contributed by atoms with Gasteiger partial charge in [0, 0.05) is 33.1 Å². The minimum absolute atomic E-state index is 0.134. The second kappa shape index (κ2) is 6.61. The van der Waals surface area contributed by atoms with E-state index in [-0.39, 0.29) is 22.9 Å². The molecule has 0 atom stereocenters. The maximum atomic E-state index is 10.8. The van der Waals surface area contributed by atoms with Gasteiger partial charge in [0.25, 0.3) is 11.6 Å². The minimum Gasteiger partial charge on any atom is -0.507 e. The number of anilines is 1. The monoisotopic (exact) mass is 427 g/mol. The molecule has 27 heavy (non-hydrogen) atoms. The molecule has 2 heterocycles. The van der Waals surface area contributed by atoms with Gasteiger partial charge in [-0.25, -0.2) is 5.43 Å². The van der Waals surface area contributed by atoms with Gasteiger partial charge in [0.1, 0.15) is 11.3 Å². The van der Waals surface area contributed by atoms with Gasteiger partial charge in [-0.05, 0) is 24.3 Å².